The maximum atomic E-state index is 4.27. The summed E-state index contributed by atoms with van der Waals surface area (Å²) >= 11 is 0. The standard InChI is InChI=1S/C12H19N3/c1-9-6-11(4-5-15(9)3)12-7-13-10(2)14-8-12/h7-9,11H,4-6H2,1-3H3/t9-,11-/m0/s1. The summed E-state index contributed by atoms with van der Waals surface area (Å²) < 4.78 is 0. The molecule has 0 N–H and O–H groups in total. The number of hydrogen-bond acceptors (Lipinski definition) is 3. The Balaban J connectivity index is 2.08. The van der Waals surface area contributed by atoms with Crippen molar-refractivity contribution in [3.8, 4) is 0 Å². The molecule has 2 rings (SSSR count). The van der Waals surface area contributed by atoms with Crippen LogP contribution in [0.2, 0.25) is 0 Å². The Hall–Kier alpha value is -0.960. The third-order valence-corrected chi connectivity index (χ3v) is 3.48. The zero-order valence-electron chi connectivity index (χ0n) is 9.77. The molecule has 2 atom stereocenters. The molecule has 3 nitrogen and oxygen atoms in total. The highest BCUT2D eigenvalue weighted by molar-refractivity contribution is 5.13. The number of piperidine rings is 1. The molecule has 1 aliphatic rings. The third kappa shape index (κ3) is 2.34. The van der Waals surface area contributed by atoms with Crippen molar-refractivity contribution < 1.29 is 0 Å². The van der Waals surface area contributed by atoms with Gasteiger partial charge in [0.15, 0.2) is 0 Å². The second-order valence-electron chi connectivity index (χ2n) is 4.61. The van der Waals surface area contributed by atoms with Gasteiger partial charge in [0.25, 0.3) is 0 Å². The highest BCUT2D eigenvalue weighted by Crippen LogP contribution is 2.29. The van der Waals surface area contributed by atoms with Crippen molar-refractivity contribution >= 4 is 0 Å². The smallest absolute Gasteiger partial charge is 0.125 e. The van der Waals surface area contributed by atoms with E-state index in [0.29, 0.717) is 12.0 Å². The molecule has 15 heavy (non-hydrogen) atoms. The minimum absolute atomic E-state index is 0.650. The molecule has 0 radical (unpaired) electrons. The molecule has 1 fully saturated rings. The minimum Gasteiger partial charge on any atom is -0.304 e. The van der Waals surface area contributed by atoms with Gasteiger partial charge in [-0.15, -0.1) is 0 Å². The van der Waals surface area contributed by atoms with E-state index in [1.807, 2.05) is 19.3 Å². The summed E-state index contributed by atoms with van der Waals surface area (Å²) in [5.41, 5.74) is 1.31. The Kier molecular flexibility index (Phi) is 3.00. The summed E-state index contributed by atoms with van der Waals surface area (Å²) in [6.45, 7) is 5.40. The monoisotopic (exact) mass is 205 g/mol. The minimum atomic E-state index is 0.650. The van der Waals surface area contributed by atoms with E-state index in [0.717, 1.165) is 5.82 Å². The maximum absolute atomic E-state index is 4.27. The van der Waals surface area contributed by atoms with E-state index in [2.05, 4.69) is 28.8 Å². The number of hydrogen-bond donors (Lipinski definition) is 0. The molecule has 1 saturated heterocycles. The maximum Gasteiger partial charge on any atom is 0.125 e. The van der Waals surface area contributed by atoms with Crippen molar-refractivity contribution in [3.05, 3.63) is 23.8 Å². The zero-order chi connectivity index (χ0) is 10.8. The number of nitrogens with zero attached hydrogens (tertiary/aromatic N) is 3. The van der Waals surface area contributed by atoms with E-state index in [4.69, 9.17) is 0 Å². The van der Waals surface area contributed by atoms with Gasteiger partial charge in [-0.25, -0.2) is 9.97 Å². The summed E-state index contributed by atoms with van der Waals surface area (Å²) in [5, 5.41) is 0. The van der Waals surface area contributed by atoms with Crippen LogP contribution in [0, 0.1) is 6.92 Å². The summed E-state index contributed by atoms with van der Waals surface area (Å²) in [6.07, 6.45) is 6.44. The van der Waals surface area contributed by atoms with Crippen LogP contribution in [0.25, 0.3) is 0 Å². The zero-order valence-corrected chi connectivity index (χ0v) is 9.77. The molecule has 0 amide bonds. The summed E-state index contributed by atoms with van der Waals surface area (Å²) in [5.74, 6) is 1.51. The van der Waals surface area contributed by atoms with Gasteiger partial charge in [0.05, 0.1) is 0 Å². The summed E-state index contributed by atoms with van der Waals surface area (Å²) in [4.78, 5) is 11.0. The van der Waals surface area contributed by atoms with E-state index < -0.39 is 0 Å². The third-order valence-electron chi connectivity index (χ3n) is 3.48. The predicted molar refractivity (Wildman–Crippen MR) is 60.8 cm³/mol. The van der Waals surface area contributed by atoms with Crippen LogP contribution in [-0.4, -0.2) is 34.5 Å². The number of likely N-dealkylation sites (tertiary alicyclic amines) is 1. The van der Waals surface area contributed by atoms with Crippen molar-refractivity contribution in [1.82, 2.24) is 14.9 Å². The summed E-state index contributed by atoms with van der Waals surface area (Å²) in [7, 11) is 2.20. The molecule has 0 unspecified atom stereocenters. The Morgan fingerprint density at radius 1 is 1.33 bits per heavy atom. The second-order valence-corrected chi connectivity index (χ2v) is 4.61. The van der Waals surface area contributed by atoms with Gasteiger partial charge >= 0.3 is 0 Å². The number of aromatic nitrogens is 2. The van der Waals surface area contributed by atoms with Crippen LogP contribution in [0.15, 0.2) is 12.4 Å². The molecular weight excluding hydrogens is 186 g/mol. The molecule has 0 saturated carbocycles. The van der Waals surface area contributed by atoms with E-state index >= 15 is 0 Å². The molecule has 0 bridgehead atoms. The fourth-order valence-electron chi connectivity index (χ4n) is 2.21. The molecular formula is C12H19N3. The van der Waals surface area contributed by atoms with Gasteiger partial charge in [-0.05, 0) is 51.8 Å². The topological polar surface area (TPSA) is 29.0 Å². The second kappa shape index (κ2) is 4.27. The van der Waals surface area contributed by atoms with Crippen molar-refractivity contribution in [3.63, 3.8) is 0 Å². The lowest BCUT2D eigenvalue weighted by Gasteiger charge is -2.34. The van der Waals surface area contributed by atoms with E-state index in [1.165, 1.54) is 24.9 Å². The van der Waals surface area contributed by atoms with Crippen LogP contribution < -0.4 is 0 Å². The van der Waals surface area contributed by atoms with Crippen LogP contribution >= 0.6 is 0 Å². The van der Waals surface area contributed by atoms with Crippen LogP contribution in [0.1, 0.15) is 37.1 Å². The van der Waals surface area contributed by atoms with E-state index in [9.17, 15) is 0 Å². The molecule has 1 aromatic rings. The predicted octanol–water partition coefficient (Wildman–Crippen LogP) is 1.98. The van der Waals surface area contributed by atoms with Gasteiger partial charge in [0, 0.05) is 18.4 Å². The summed E-state index contributed by atoms with van der Waals surface area (Å²) in [6, 6.07) is 0.671. The van der Waals surface area contributed by atoms with Gasteiger partial charge in [-0.1, -0.05) is 0 Å². The van der Waals surface area contributed by atoms with E-state index in [1.54, 1.807) is 0 Å². The first-order valence-corrected chi connectivity index (χ1v) is 5.65. The van der Waals surface area contributed by atoms with Crippen LogP contribution in [0.5, 0.6) is 0 Å². The Morgan fingerprint density at radius 3 is 2.60 bits per heavy atom. The first-order valence-electron chi connectivity index (χ1n) is 5.65. The SMILES string of the molecule is Cc1ncc([C@H]2CCN(C)[C@@H](C)C2)cn1. The molecule has 2 heterocycles. The van der Waals surface area contributed by atoms with E-state index in [-0.39, 0.29) is 0 Å². The Bertz CT molecular complexity index is 320. The fraction of sp³-hybridized carbons (Fsp3) is 0.667. The highest BCUT2D eigenvalue weighted by Gasteiger charge is 2.24. The van der Waals surface area contributed by atoms with Gasteiger partial charge < -0.3 is 4.90 Å². The number of aryl methyl sites for hydroxylation is 1. The molecule has 1 aliphatic heterocycles. The molecule has 82 valence electrons. The van der Waals surface area contributed by atoms with Crippen molar-refractivity contribution in [1.29, 1.82) is 0 Å². The molecule has 0 aliphatic carbocycles. The normalized spacial score (nSPS) is 27.9. The lowest BCUT2D eigenvalue weighted by Crippen LogP contribution is -2.36. The van der Waals surface area contributed by atoms with Crippen molar-refractivity contribution in [2.75, 3.05) is 13.6 Å². The van der Waals surface area contributed by atoms with Gasteiger partial charge in [0.1, 0.15) is 5.82 Å². The van der Waals surface area contributed by atoms with Crippen LogP contribution in [-0.2, 0) is 0 Å². The Labute approximate surface area is 91.5 Å². The quantitative estimate of drug-likeness (QED) is 0.702. The molecule has 1 aromatic heterocycles. The first kappa shape index (κ1) is 10.6. The average Bonchev–Trinajstić information content (AvgIpc) is 2.23. The number of rotatable bonds is 1. The average molecular weight is 205 g/mol. The van der Waals surface area contributed by atoms with Crippen LogP contribution in [0.4, 0.5) is 0 Å². The van der Waals surface area contributed by atoms with Crippen molar-refractivity contribution in [2.45, 2.75) is 38.6 Å². The molecule has 0 aromatic carbocycles. The largest absolute Gasteiger partial charge is 0.304 e. The lowest BCUT2D eigenvalue weighted by molar-refractivity contribution is 0.182. The van der Waals surface area contributed by atoms with Gasteiger partial charge in [-0.2, -0.15) is 0 Å². The molecule has 0 spiro atoms. The highest BCUT2D eigenvalue weighted by atomic mass is 15.1. The Morgan fingerprint density at radius 2 is 2.00 bits per heavy atom. The fourth-order valence-corrected chi connectivity index (χ4v) is 2.21. The van der Waals surface area contributed by atoms with Gasteiger partial charge in [-0.3, -0.25) is 0 Å². The first-order chi connectivity index (χ1) is 7.16. The van der Waals surface area contributed by atoms with Gasteiger partial charge in [0.2, 0.25) is 0 Å². The van der Waals surface area contributed by atoms with Crippen molar-refractivity contribution in [2.24, 2.45) is 0 Å². The molecule has 3 heteroatoms. The lowest BCUT2D eigenvalue weighted by atomic mass is 9.87. The van der Waals surface area contributed by atoms with Crippen LogP contribution in [0.3, 0.4) is 0 Å².